The van der Waals surface area contributed by atoms with Gasteiger partial charge in [0.2, 0.25) is 11.8 Å². The molecule has 1 aliphatic rings. The summed E-state index contributed by atoms with van der Waals surface area (Å²) in [4.78, 5) is 30.9. The number of carbonyl (C=O) groups is 2. The first kappa shape index (κ1) is 23.6. The summed E-state index contributed by atoms with van der Waals surface area (Å²) >= 11 is 7.69. The third-order valence-corrected chi connectivity index (χ3v) is 6.64. The molecule has 2 heterocycles. The minimum atomic E-state index is -0.165. The number of ether oxygens (including phenoxy) is 1. The summed E-state index contributed by atoms with van der Waals surface area (Å²) in [5, 5.41) is 2.73. The van der Waals surface area contributed by atoms with Gasteiger partial charge in [0.05, 0.1) is 12.6 Å². The van der Waals surface area contributed by atoms with Gasteiger partial charge in [0.1, 0.15) is 12.4 Å². The van der Waals surface area contributed by atoms with Crippen molar-refractivity contribution in [3.05, 3.63) is 51.2 Å². The largest absolute Gasteiger partial charge is 0.491 e. The highest BCUT2D eigenvalue weighted by molar-refractivity contribution is 7.10. The van der Waals surface area contributed by atoms with E-state index < -0.39 is 0 Å². The van der Waals surface area contributed by atoms with E-state index in [4.69, 9.17) is 16.3 Å². The lowest BCUT2D eigenvalue weighted by Crippen LogP contribution is -2.48. The second-order valence-electron chi connectivity index (χ2n) is 8.33. The number of thiophene rings is 1. The Kier molecular flexibility index (Phi) is 8.38. The van der Waals surface area contributed by atoms with Crippen molar-refractivity contribution < 1.29 is 14.3 Å². The van der Waals surface area contributed by atoms with Crippen molar-refractivity contribution in [2.75, 3.05) is 26.2 Å². The number of nitrogens with zero attached hydrogens (tertiary/aromatic N) is 2. The van der Waals surface area contributed by atoms with E-state index in [-0.39, 0.29) is 30.3 Å². The van der Waals surface area contributed by atoms with E-state index in [0.717, 1.165) is 24.2 Å². The maximum atomic E-state index is 13.3. The molecule has 1 aromatic carbocycles. The first-order valence-corrected chi connectivity index (χ1v) is 12.2. The van der Waals surface area contributed by atoms with Crippen LogP contribution in [-0.2, 0) is 16.0 Å². The molecule has 1 unspecified atom stereocenters. The summed E-state index contributed by atoms with van der Waals surface area (Å²) < 4.78 is 6.03. The fourth-order valence-corrected chi connectivity index (χ4v) is 4.93. The highest BCUT2D eigenvalue weighted by atomic mass is 35.5. The molecule has 1 aliphatic heterocycles. The Hall–Kier alpha value is -2.05. The Balaban J connectivity index is 1.74. The van der Waals surface area contributed by atoms with Crippen LogP contribution in [0.3, 0.4) is 0 Å². The molecule has 0 bridgehead atoms. The van der Waals surface area contributed by atoms with Crippen molar-refractivity contribution in [3.8, 4) is 5.75 Å². The molecule has 0 saturated carbocycles. The zero-order valence-electron chi connectivity index (χ0n) is 18.5. The molecule has 5 nitrogen and oxygen atoms in total. The molecule has 31 heavy (non-hydrogen) atoms. The Morgan fingerprint density at radius 2 is 2.00 bits per heavy atom. The molecule has 0 saturated heterocycles. The minimum Gasteiger partial charge on any atom is -0.491 e. The fraction of sp³-hybridized carbons (Fsp3) is 0.500. The summed E-state index contributed by atoms with van der Waals surface area (Å²) in [5.41, 5.74) is 1.15. The van der Waals surface area contributed by atoms with Crippen molar-refractivity contribution in [2.24, 2.45) is 5.92 Å². The smallest absolute Gasteiger partial charge is 0.242 e. The van der Waals surface area contributed by atoms with Crippen LogP contribution in [0, 0.1) is 5.92 Å². The van der Waals surface area contributed by atoms with Crippen LogP contribution in [0.2, 0.25) is 5.02 Å². The lowest BCUT2D eigenvalue weighted by Gasteiger charge is -2.37. The lowest BCUT2D eigenvalue weighted by atomic mass is 10.00. The van der Waals surface area contributed by atoms with E-state index in [1.54, 1.807) is 28.4 Å². The normalized spacial score (nSPS) is 15.6. The van der Waals surface area contributed by atoms with Crippen LogP contribution in [-0.4, -0.2) is 47.9 Å². The number of benzene rings is 1. The van der Waals surface area contributed by atoms with Crippen molar-refractivity contribution in [1.29, 1.82) is 0 Å². The number of carbonyl (C=O) groups excluding carboxylic acids is 2. The first-order chi connectivity index (χ1) is 14.9. The molecule has 0 aliphatic carbocycles. The van der Waals surface area contributed by atoms with Crippen LogP contribution in [0.1, 0.15) is 50.1 Å². The first-order valence-electron chi connectivity index (χ1n) is 10.9. The molecule has 7 heteroatoms. The third-order valence-electron chi connectivity index (χ3n) is 5.39. The van der Waals surface area contributed by atoms with E-state index in [0.29, 0.717) is 31.1 Å². The Labute approximate surface area is 193 Å². The predicted molar refractivity (Wildman–Crippen MR) is 126 cm³/mol. The standard InChI is InChI=1S/C24H31ClN2O3S/c1-4-11-26(23(28)14-17(2)3)15-24(29)27-12-9-22-20(10-13-31-22)21(27)16-30-19-7-5-18(25)6-8-19/h5-8,10,13,17,21H,4,9,11-12,14-16H2,1-3H3. The molecular formula is C24H31ClN2O3S. The predicted octanol–water partition coefficient (Wildman–Crippen LogP) is 5.19. The summed E-state index contributed by atoms with van der Waals surface area (Å²) in [5.74, 6) is 1.02. The molecule has 0 radical (unpaired) electrons. The summed E-state index contributed by atoms with van der Waals surface area (Å²) in [6.07, 6.45) is 2.13. The van der Waals surface area contributed by atoms with Gasteiger partial charge in [-0.15, -0.1) is 11.3 Å². The van der Waals surface area contributed by atoms with E-state index in [1.807, 2.05) is 37.8 Å². The third kappa shape index (κ3) is 6.23. The van der Waals surface area contributed by atoms with Crippen LogP contribution in [0.5, 0.6) is 5.75 Å². The van der Waals surface area contributed by atoms with Crippen LogP contribution >= 0.6 is 22.9 Å². The molecule has 168 valence electrons. The summed E-state index contributed by atoms with van der Waals surface area (Å²) in [6.45, 7) is 7.80. The highest BCUT2D eigenvalue weighted by Gasteiger charge is 2.33. The molecule has 0 spiro atoms. The highest BCUT2D eigenvalue weighted by Crippen LogP contribution is 2.34. The van der Waals surface area contributed by atoms with Gasteiger partial charge >= 0.3 is 0 Å². The fourth-order valence-electron chi connectivity index (χ4n) is 3.87. The van der Waals surface area contributed by atoms with Gasteiger partial charge in [-0.05, 0) is 60.0 Å². The molecule has 3 rings (SSSR count). The van der Waals surface area contributed by atoms with Gasteiger partial charge in [-0.1, -0.05) is 32.4 Å². The van der Waals surface area contributed by atoms with Gasteiger partial charge in [0.25, 0.3) is 0 Å². The molecule has 2 amide bonds. The number of amides is 2. The van der Waals surface area contributed by atoms with Gasteiger partial charge in [0, 0.05) is 29.4 Å². The van der Waals surface area contributed by atoms with Gasteiger partial charge in [-0.2, -0.15) is 0 Å². The number of fused-ring (bicyclic) bond motifs is 1. The van der Waals surface area contributed by atoms with Crippen molar-refractivity contribution in [2.45, 2.75) is 46.1 Å². The maximum absolute atomic E-state index is 13.3. The minimum absolute atomic E-state index is 0.0212. The Morgan fingerprint density at radius 3 is 2.68 bits per heavy atom. The van der Waals surface area contributed by atoms with E-state index in [2.05, 4.69) is 11.4 Å². The van der Waals surface area contributed by atoms with E-state index in [1.165, 1.54) is 4.88 Å². The average molecular weight is 463 g/mol. The second kappa shape index (κ2) is 11.0. The van der Waals surface area contributed by atoms with Gasteiger partial charge in [-0.3, -0.25) is 9.59 Å². The second-order valence-corrected chi connectivity index (χ2v) is 9.77. The van der Waals surface area contributed by atoms with Crippen molar-refractivity contribution in [3.63, 3.8) is 0 Å². The molecular weight excluding hydrogens is 432 g/mol. The quantitative estimate of drug-likeness (QED) is 0.515. The zero-order chi connectivity index (χ0) is 22.4. The van der Waals surface area contributed by atoms with Crippen LogP contribution < -0.4 is 4.74 Å². The summed E-state index contributed by atoms with van der Waals surface area (Å²) in [7, 11) is 0. The molecule has 1 atom stereocenters. The van der Waals surface area contributed by atoms with E-state index in [9.17, 15) is 9.59 Å². The van der Waals surface area contributed by atoms with Gasteiger partial charge in [0.15, 0.2) is 0 Å². The number of hydrogen-bond acceptors (Lipinski definition) is 4. The van der Waals surface area contributed by atoms with Gasteiger partial charge in [-0.25, -0.2) is 0 Å². The van der Waals surface area contributed by atoms with Gasteiger partial charge < -0.3 is 14.5 Å². The number of halogens is 1. The molecule has 2 aromatic rings. The average Bonchev–Trinajstić information content (AvgIpc) is 3.21. The Morgan fingerprint density at radius 1 is 1.26 bits per heavy atom. The van der Waals surface area contributed by atoms with Crippen molar-refractivity contribution >= 4 is 34.8 Å². The molecule has 1 aromatic heterocycles. The van der Waals surface area contributed by atoms with Crippen molar-refractivity contribution in [1.82, 2.24) is 9.80 Å². The topological polar surface area (TPSA) is 49.9 Å². The molecule has 0 fully saturated rings. The van der Waals surface area contributed by atoms with Crippen LogP contribution in [0.4, 0.5) is 0 Å². The molecule has 0 N–H and O–H groups in total. The number of hydrogen-bond donors (Lipinski definition) is 0. The van der Waals surface area contributed by atoms with Crippen LogP contribution in [0.15, 0.2) is 35.7 Å². The SMILES string of the molecule is CCCN(CC(=O)N1CCc2sccc2C1COc1ccc(Cl)cc1)C(=O)CC(C)C. The summed E-state index contributed by atoms with van der Waals surface area (Å²) in [6, 6.07) is 9.17. The maximum Gasteiger partial charge on any atom is 0.242 e. The lowest BCUT2D eigenvalue weighted by molar-refractivity contribution is -0.143. The van der Waals surface area contributed by atoms with E-state index >= 15 is 0 Å². The number of rotatable bonds is 9. The van der Waals surface area contributed by atoms with Crippen LogP contribution in [0.25, 0.3) is 0 Å². The Bertz CT molecular complexity index is 881. The zero-order valence-corrected chi connectivity index (χ0v) is 20.0. The monoisotopic (exact) mass is 462 g/mol.